The minimum atomic E-state index is -1.60. The summed E-state index contributed by atoms with van der Waals surface area (Å²) in [5.74, 6) is 0.387. The van der Waals surface area contributed by atoms with Gasteiger partial charge in [-0.1, -0.05) is 107 Å². The largest absolute Gasteiger partial charge is 0.494 e. The van der Waals surface area contributed by atoms with E-state index in [1.54, 1.807) is 36.0 Å². The number of azide groups is 2. The molecule has 1 aliphatic rings. The summed E-state index contributed by atoms with van der Waals surface area (Å²) in [4.78, 5) is 28.2. The number of rotatable bonds is 18. The molecule has 1 aliphatic heterocycles. The lowest BCUT2D eigenvalue weighted by Gasteiger charge is -2.32. The molecule has 0 saturated heterocycles. The van der Waals surface area contributed by atoms with Gasteiger partial charge in [-0.3, -0.25) is 10.2 Å². The molecule has 5 aromatic carbocycles. The molecule has 0 aromatic heterocycles. The van der Waals surface area contributed by atoms with E-state index in [2.05, 4.69) is 30.9 Å². The molecule has 14 heteroatoms. The van der Waals surface area contributed by atoms with Crippen LogP contribution >= 0.6 is 11.8 Å². The quantitative estimate of drug-likeness (QED) is 0.0264. The lowest BCUT2D eigenvalue weighted by Crippen LogP contribution is -2.54. The van der Waals surface area contributed by atoms with Crippen molar-refractivity contribution in [1.29, 1.82) is 0 Å². The van der Waals surface area contributed by atoms with Gasteiger partial charge in [0, 0.05) is 51.2 Å². The van der Waals surface area contributed by atoms with Gasteiger partial charge in [0.2, 0.25) is 5.90 Å². The fourth-order valence-corrected chi connectivity index (χ4v) is 7.24. The second-order valence-electron chi connectivity index (χ2n) is 12.5. The Kier molecular flexibility index (Phi) is 13.4. The van der Waals surface area contributed by atoms with Crippen molar-refractivity contribution in [3.63, 3.8) is 0 Å². The Morgan fingerprint density at radius 1 is 0.818 bits per heavy atom. The van der Waals surface area contributed by atoms with Crippen LogP contribution in [0.5, 0.6) is 5.75 Å². The number of nitrogens with zero attached hydrogens (tertiary/aromatic N) is 7. The van der Waals surface area contributed by atoms with Crippen molar-refractivity contribution >= 4 is 23.6 Å². The van der Waals surface area contributed by atoms with E-state index in [0.29, 0.717) is 42.0 Å². The van der Waals surface area contributed by atoms with Gasteiger partial charge in [-0.2, -0.15) is 0 Å². The van der Waals surface area contributed by atoms with Crippen LogP contribution < -0.4 is 15.6 Å². The number of hydrazine groups is 1. The summed E-state index contributed by atoms with van der Waals surface area (Å²) in [7, 11) is 0. The monoisotopic (exact) mass is 753 g/mol. The maximum atomic E-state index is 15.0. The van der Waals surface area contributed by atoms with Crippen molar-refractivity contribution < 1.29 is 19.4 Å². The molecule has 0 saturated carbocycles. The summed E-state index contributed by atoms with van der Waals surface area (Å²) >= 11 is 1.63. The first-order valence-electron chi connectivity index (χ1n) is 17.7. The summed E-state index contributed by atoms with van der Waals surface area (Å²) < 4.78 is 12.5. The maximum Gasteiger partial charge on any atom is 0.266 e. The summed E-state index contributed by atoms with van der Waals surface area (Å²) in [5.41, 5.74) is 27.3. The number of aliphatic hydroxyl groups excluding tert-OH is 1. The summed E-state index contributed by atoms with van der Waals surface area (Å²) in [5, 5.41) is 16.8. The summed E-state index contributed by atoms with van der Waals surface area (Å²) in [6, 6.07) is 40.0. The minimum Gasteiger partial charge on any atom is -0.494 e. The number of carbonyl (C=O) groups excluding carboxylic acids is 1. The number of aliphatic imine (C=N–C) groups is 1. The van der Waals surface area contributed by atoms with Crippen LogP contribution in [0.3, 0.4) is 0 Å². The molecule has 0 bridgehead atoms. The molecule has 0 fully saturated rings. The van der Waals surface area contributed by atoms with Gasteiger partial charge in [0.1, 0.15) is 5.75 Å². The Morgan fingerprint density at radius 2 is 1.45 bits per heavy atom. The van der Waals surface area contributed by atoms with E-state index in [4.69, 9.17) is 25.1 Å². The van der Waals surface area contributed by atoms with Crippen molar-refractivity contribution in [3.8, 4) is 5.75 Å². The van der Waals surface area contributed by atoms with Gasteiger partial charge in [0.15, 0.2) is 11.6 Å². The molecule has 0 spiro atoms. The van der Waals surface area contributed by atoms with Crippen LogP contribution in [-0.4, -0.2) is 35.7 Å². The molecule has 13 nitrogen and oxygen atoms in total. The molecule has 1 amide bonds. The fraction of sp³-hybridized carbons (Fsp3) is 0.220. The molecule has 0 unspecified atom stereocenters. The fourth-order valence-electron chi connectivity index (χ4n) is 6.28. The van der Waals surface area contributed by atoms with E-state index in [1.165, 1.54) is 0 Å². The number of benzene rings is 5. The number of nitrogens with one attached hydrogen (secondary N) is 2. The zero-order valence-corrected chi connectivity index (χ0v) is 30.7. The van der Waals surface area contributed by atoms with Crippen molar-refractivity contribution in [1.82, 2.24) is 10.9 Å². The van der Waals surface area contributed by atoms with Crippen LogP contribution in [-0.2, 0) is 35.6 Å². The van der Waals surface area contributed by atoms with Crippen molar-refractivity contribution in [2.45, 2.75) is 53.9 Å². The van der Waals surface area contributed by atoms with Gasteiger partial charge in [0.05, 0.1) is 19.7 Å². The molecule has 6 rings (SSSR count). The van der Waals surface area contributed by atoms with Gasteiger partial charge in [-0.15, -0.1) is 0 Å². The first-order valence-corrected chi connectivity index (χ1v) is 18.5. The van der Waals surface area contributed by atoms with Gasteiger partial charge in [-0.05, 0) is 81.3 Å². The van der Waals surface area contributed by atoms with E-state index in [1.807, 2.05) is 103 Å². The second kappa shape index (κ2) is 19.2. The third-order valence-electron chi connectivity index (χ3n) is 8.98. The predicted octanol–water partition coefficient (Wildman–Crippen LogP) is 8.54. The van der Waals surface area contributed by atoms with Gasteiger partial charge >= 0.3 is 0 Å². The van der Waals surface area contributed by atoms with Crippen molar-refractivity contribution in [2.75, 3.05) is 13.2 Å². The Labute approximate surface area is 322 Å². The second-order valence-corrected chi connectivity index (χ2v) is 13.7. The Morgan fingerprint density at radius 3 is 2.18 bits per heavy atom. The summed E-state index contributed by atoms with van der Waals surface area (Å²) in [6.45, 7) is 0.805. The molecule has 2 atom stereocenters. The molecule has 55 heavy (non-hydrogen) atoms. The van der Waals surface area contributed by atoms with Crippen LogP contribution in [0.15, 0.2) is 152 Å². The third-order valence-corrected chi connectivity index (χ3v) is 10.1. The first-order chi connectivity index (χ1) is 27.0. The highest BCUT2D eigenvalue weighted by molar-refractivity contribution is 7.99. The van der Waals surface area contributed by atoms with Crippen LogP contribution in [0.4, 0.5) is 0 Å². The van der Waals surface area contributed by atoms with Crippen molar-refractivity contribution in [2.24, 2.45) is 15.2 Å². The highest BCUT2D eigenvalue weighted by Crippen LogP contribution is 2.44. The molecule has 278 valence electrons. The minimum absolute atomic E-state index is 0.0232. The molecular weight excluding hydrogens is 715 g/mol. The molecule has 3 N–H and O–H groups in total. The number of hydrogen-bond donors (Lipinski definition) is 3. The third kappa shape index (κ3) is 9.64. The molecule has 1 heterocycles. The molecular formula is C41H39N9O4S. The van der Waals surface area contributed by atoms with E-state index in [9.17, 15) is 10.3 Å². The van der Waals surface area contributed by atoms with Crippen LogP contribution in [0.1, 0.15) is 45.9 Å². The summed E-state index contributed by atoms with van der Waals surface area (Å²) in [6.07, 6.45) is -0.396. The zero-order valence-electron chi connectivity index (χ0n) is 29.9. The Balaban J connectivity index is 1.40. The van der Waals surface area contributed by atoms with E-state index >= 15 is 0 Å². The van der Waals surface area contributed by atoms with Crippen molar-refractivity contribution in [3.05, 3.63) is 182 Å². The number of carbonyl (C=O) groups is 1. The topological polar surface area (TPSA) is 190 Å². The normalized spacial score (nSPS) is 15.9. The van der Waals surface area contributed by atoms with E-state index < -0.39 is 17.6 Å². The van der Waals surface area contributed by atoms with Crippen LogP contribution in [0.25, 0.3) is 20.9 Å². The highest BCUT2D eigenvalue weighted by Gasteiger charge is 2.54. The van der Waals surface area contributed by atoms with E-state index in [-0.39, 0.29) is 32.0 Å². The highest BCUT2D eigenvalue weighted by atomic mass is 32.2. The smallest absolute Gasteiger partial charge is 0.266 e. The standard InChI is InChI=1S/C41H39N9O4S/c42-49-45-26-31-12-5-4-11-30(31)25-41(40(52)48-44-28-33-14-7-9-18-37(33)55-35-15-2-1-3-16-35)38(36-17-8-6-13-32(36)27-46-50-43)54-39(47-41)29-19-21-34(22-20-29)53-24-10-23-51/h1-9,11-22,38,44,51H,10,23-28H2,(H,48,52)/t38-,41-/m0/s1. The first kappa shape index (κ1) is 38.5. The predicted molar refractivity (Wildman–Crippen MR) is 211 cm³/mol. The lowest BCUT2D eigenvalue weighted by molar-refractivity contribution is -0.130. The Bertz CT molecular complexity index is 2210. The van der Waals surface area contributed by atoms with Gasteiger partial charge in [-0.25, -0.2) is 10.4 Å². The van der Waals surface area contributed by atoms with Crippen LogP contribution in [0, 0.1) is 0 Å². The SMILES string of the molecule is [N-]=[N+]=NCc1ccccc1C[C@]1(C(=O)NNCc2ccccc2Sc2ccccc2)N=C(c2ccc(OCCCO)cc2)O[C@H]1c1ccccc1CN=[N+]=[N-]. The van der Waals surface area contributed by atoms with Gasteiger partial charge in [0.25, 0.3) is 5.91 Å². The van der Waals surface area contributed by atoms with E-state index in [0.717, 1.165) is 26.5 Å². The zero-order chi connectivity index (χ0) is 38.3. The number of amides is 1. The average Bonchev–Trinajstić information content (AvgIpc) is 3.61. The number of hydrogen-bond acceptors (Lipinski definition) is 9. The average molecular weight is 754 g/mol. The number of ether oxygens (including phenoxy) is 2. The van der Waals surface area contributed by atoms with Crippen LogP contribution in [0.2, 0.25) is 0 Å². The molecule has 5 aromatic rings. The maximum absolute atomic E-state index is 15.0. The molecule has 0 aliphatic carbocycles. The Hall–Kier alpha value is -6.27. The molecule has 0 radical (unpaired) electrons. The van der Waals surface area contributed by atoms with Gasteiger partial charge < -0.3 is 14.6 Å². The number of aliphatic hydroxyl groups is 1. The lowest BCUT2D eigenvalue weighted by atomic mass is 9.80.